The van der Waals surface area contributed by atoms with Crippen LogP contribution in [0.2, 0.25) is 0 Å². The van der Waals surface area contributed by atoms with E-state index < -0.39 is 126 Å². The molecular formula is C88H65N5O2. The monoisotopic (exact) mass is 1240 g/mol. The van der Waals surface area contributed by atoms with Gasteiger partial charge in [-0.15, -0.1) is 0 Å². The van der Waals surface area contributed by atoms with Crippen molar-refractivity contribution in [2.45, 2.75) is 26.2 Å². The van der Waals surface area contributed by atoms with Crippen molar-refractivity contribution >= 4 is 66.4 Å². The van der Waals surface area contributed by atoms with Gasteiger partial charge in [0.1, 0.15) is 35.5 Å². The van der Waals surface area contributed by atoms with Gasteiger partial charge in [-0.2, -0.15) is 0 Å². The smallest absolute Gasteiger partial charge is 0.143 e. The van der Waals surface area contributed by atoms with Gasteiger partial charge >= 0.3 is 0 Å². The molecule has 0 aliphatic carbocycles. The van der Waals surface area contributed by atoms with Crippen LogP contribution in [0.3, 0.4) is 0 Å². The molecule has 3 aromatic heterocycles. The van der Waals surface area contributed by atoms with Crippen LogP contribution in [-0.4, -0.2) is 20.8 Å². The van der Waals surface area contributed by atoms with E-state index in [0.29, 0.717) is 56.6 Å². The molecule has 0 N–H and O–H groups in total. The van der Waals surface area contributed by atoms with E-state index in [9.17, 15) is 8.22 Å². The van der Waals surface area contributed by atoms with Crippen LogP contribution in [0.25, 0.3) is 111 Å². The third-order valence-corrected chi connectivity index (χ3v) is 17.4. The van der Waals surface area contributed by atoms with Crippen LogP contribution in [0.5, 0.6) is 23.0 Å². The number of anilines is 4. The van der Waals surface area contributed by atoms with E-state index in [-0.39, 0.29) is 62.8 Å². The number of aromatic nitrogens is 3. The summed E-state index contributed by atoms with van der Waals surface area (Å²) in [7, 11) is 0. The van der Waals surface area contributed by atoms with Crippen molar-refractivity contribution in [3.05, 3.63) is 333 Å². The minimum Gasteiger partial charge on any atom is -0.457 e. The highest BCUT2D eigenvalue weighted by atomic mass is 16.5. The molecule has 0 radical (unpaired) electrons. The summed E-state index contributed by atoms with van der Waals surface area (Å²) in [4.78, 5) is 8.88. The number of hydrogen-bond donors (Lipinski definition) is 0. The molecule has 0 spiro atoms. The van der Waals surface area contributed by atoms with Gasteiger partial charge in [-0.05, 0) is 123 Å². The van der Waals surface area contributed by atoms with Crippen molar-refractivity contribution < 1.29 is 36.9 Å². The van der Waals surface area contributed by atoms with E-state index in [2.05, 4.69) is 41.0 Å². The van der Waals surface area contributed by atoms with E-state index in [1.807, 2.05) is 132 Å². The van der Waals surface area contributed by atoms with E-state index in [4.69, 9.17) is 33.6 Å². The maximum absolute atomic E-state index is 9.33. The zero-order valence-corrected chi connectivity index (χ0v) is 51.4. The number of para-hydroxylation sites is 6. The average molecular weight is 1240 g/mol. The first kappa shape index (κ1) is 39.3. The second-order valence-corrected chi connectivity index (χ2v) is 24.1. The molecule has 0 fully saturated rings. The second kappa shape index (κ2) is 23.5. The zero-order valence-electron chi connectivity index (χ0n) is 71.4. The Kier molecular flexibility index (Phi) is 9.71. The Balaban J connectivity index is 0.813. The number of ether oxygens (including phenoxy) is 2. The summed E-state index contributed by atoms with van der Waals surface area (Å²) in [6, 6.07) is 51.1. The third-order valence-electron chi connectivity index (χ3n) is 17.4. The summed E-state index contributed by atoms with van der Waals surface area (Å²) >= 11 is 0. The molecule has 7 nitrogen and oxygen atoms in total. The molecule has 0 saturated carbocycles. The van der Waals surface area contributed by atoms with Crippen molar-refractivity contribution in [2.75, 3.05) is 16.5 Å². The summed E-state index contributed by atoms with van der Waals surface area (Å²) < 4.78 is 196. The molecule has 7 heteroatoms. The van der Waals surface area contributed by atoms with Crippen molar-refractivity contribution in [1.82, 2.24) is 14.1 Å². The Hall–Kier alpha value is -12.2. The SMILES string of the molecule is [2H]c1c([2H])c([2H])c(-c2cc(-c3cccc(-c4c([2H])c([2H])c([2H])c([2H])c4[2H])c3Oc3ccnc(-n4c5ccc(-n6c7ccccc7c7ccccc76)cc5c5ccc(Oc6cccc(N7CN(c8c(-c9c([2H])c([2H])c([2H])c([2H])c9[2H])cccc8-c8c([2H])c([2H])c([2H])c([2H])c8[2H])c8ccccc87)c6)cc54)c3)cc(C(C)(C)C)c2)c([2H])c1[2H]. The fourth-order valence-corrected chi connectivity index (χ4v) is 13.0. The van der Waals surface area contributed by atoms with Gasteiger partial charge in [0.05, 0.1) is 66.5 Å². The van der Waals surface area contributed by atoms with E-state index >= 15 is 0 Å². The molecule has 13 aromatic carbocycles. The van der Waals surface area contributed by atoms with Crippen LogP contribution < -0.4 is 19.3 Å². The predicted octanol–water partition coefficient (Wildman–Crippen LogP) is 23.7. The molecule has 1 aliphatic heterocycles. The van der Waals surface area contributed by atoms with Crippen molar-refractivity contribution in [1.29, 1.82) is 0 Å². The molecule has 0 unspecified atom stereocenters. The minimum atomic E-state index is -0.603. The molecule has 0 saturated heterocycles. The fraction of sp³-hybridized carbons (Fsp3) is 0.0568. The largest absolute Gasteiger partial charge is 0.457 e. The highest BCUT2D eigenvalue weighted by Gasteiger charge is 2.32. The number of benzene rings is 13. The van der Waals surface area contributed by atoms with Gasteiger partial charge < -0.3 is 23.8 Å². The van der Waals surface area contributed by atoms with Crippen molar-refractivity contribution in [3.63, 3.8) is 0 Å². The van der Waals surface area contributed by atoms with Gasteiger partial charge in [0.15, 0.2) is 0 Å². The standard InChI is InChI=1S/C88H65N5O2/c1-88(2,3)65-52-63(59-25-8-4-9-26-59)51-64(53-65)74-40-24-39-73(62-31-14-7-15-32-62)87(74)95-70-49-50-89-85(57-70)93-81-48-45-67(92-79-41-18-16-35-75(79)76-36-17-19-42-80(76)92)55-78(81)77-47-46-69(56-84(77)93)94-68-34-22-33-66(54-68)90-58-91(83-44-21-20-43-82(83)90)86-71(60-27-10-5-11-28-60)37-23-38-72(86)61-29-12-6-13-30-61/h4-57H,58H2,1-3H3/i4D,5D,6D,7D,8D,9D,10D,11D,12D,13D,14D,15D,25D,26D,27D,28D,29D,30D,31D,32D. The lowest BCUT2D eigenvalue weighted by Gasteiger charge is -2.27. The summed E-state index contributed by atoms with van der Waals surface area (Å²) in [6.45, 7) is 5.94. The molecular weight excluding hydrogens is 1160 g/mol. The van der Waals surface area contributed by atoms with Crippen LogP contribution in [0.15, 0.2) is 327 Å². The van der Waals surface area contributed by atoms with Crippen molar-refractivity contribution in [3.8, 4) is 90.1 Å². The lowest BCUT2D eigenvalue weighted by atomic mass is 9.83. The van der Waals surface area contributed by atoms with Crippen LogP contribution >= 0.6 is 0 Å². The van der Waals surface area contributed by atoms with Crippen LogP contribution in [-0.2, 0) is 5.41 Å². The summed E-state index contributed by atoms with van der Waals surface area (Å²) in [5, 5.41) is 3.78. The fourth-order valence-electron chi connectivity index (χ4n) is 13.0. The molecule has 0 bridgehead atoms. The quantitative estimate of drug-likeness (QED) is 0.115. The normalized spacial score (nSPS) is 15.2. The van der Waals surface area contributed by atoms with Crippen LogP contribution in [0.1, 0.15) is 53.7 Å². The molecule has 17 rings (SSSR count). The highest BCUT2D eigenvalue weighted by molar-refractivity contribution is 6.12. The maximum Gasteiger partial charge on any atom is 0.143 e. The second-order valence-electron chi connectivity index (χ2n) is 24.1. The molecule has 1 aliphatic rings. The number of pyridine rings is 1. The topological polar surface area (TPSA) is 47.7 Å². The first-order chi connectivity index (χ1) is 55.0. The van der Waals surface area contributed by atoms with Gasteiger partial charge in [-0.1, -0.05) is 245 Å². The lowest BCUT2D eigenvalue weighted by Crippen LogP contribution is -2.24. The molecule has 0 amide bonds. The number of nitrogens with zero attached hydrogens (tertiary/aromatic N) is 5. The molecule has 454 valence electrons. The van der Waals surface area contributed by atoms with Crippen molar-refractivity contribution in [2.24, 2.45) is 0 Å². The average Bonchev–Trinajstić information content (AvgIpc) is 1.41. The Labute approximate surface area is 581 Å². The van der Waals surface area contributed by atoms with E-state index in [1.54, 1.807) is 72.9 Å². The predicted molar refractivity (Wildman–Crippen MR) is 394 cm³/mol. The summed E-state index contributed by atoms with van der Waals surface area (Å²) in [5.74, 6) is 1.43. The highest BCUT2D eigenvalue weighted by Crippen LogP contribution is 2.51. The molecule has 16 aromatic rings. The van der Waals surface area contributed by atoms with Gasteiger partial charge in [-0.25, -0.2) is 4.98 Å². The minimum absolute atomic E-state index is 0.000382. The zero-order chi connectivity index (χ0) is 81.0. The van der Waals surface area contributed by atoms with E-state index in [0.717, 1.165) is 49.3 Å². The third kappa shape index (κ3) is 10.3. The van der Waals surface area contributed by atoms with Crippen LogP contribution in [0, 0.1) is 0 Å². The van der Waals surface area contributed by atoms with Gasteiger partial charge in [-0.3, -0.25) is 4.57 Å². The first-order valence-electron chi connectivity index (χ1n) is 40.9. The number of rotatable bonds is 13. The molecule has 0 atom stereocenters. The van der Waals surface area contributed by atoms with Crippen LogP contribution in [0.4, 0.5) is 22.7 Å². The lowest BCUT2D eigenvalue weighted by molar-refractivity contribution is 0.483. The number of fused-ring (bicyclic) bond motifs is 7. The van der Waals surface area contributed by atoms with Gasteiger partial charge in [0.2, 0.25) is 0 Å². The van der Waals surface area contributed by atoms with E-state index in [1.165, 1.54) is 0 Å². The van der Waals surface area contributed by atoms with Gasteiger partial charge in [0.25, 0.3) is 0 Å². The van der Waals surface area contributed by atoms with Gasteiger partial charge in [0, 0.05) is 79.6 Å². The summed E-state index contributed by atoms with van der Waals surface area (Å²) in [6.07, 6.45) is 1.58. The maximum atomic E-state index is 9.33. The Morgan fingerprint density at radius 2 is 0.884 bits per heavy atom. The Morgan fingerprint density at radius 3 is 1.54 bits per heavy atom. The molecule has 95 heavy (non-hydrogen) atoms. The Morgan fingerprint density at radius 1 is 0.358 bits per heavy atom. The summed E-state index contributed by atoms with van der Waals surface area (Å²) in [5.41, 5.74) is 7.52. The first-order valence-corrected chi connectivity index (χ1v) is 30.9. The Bertz CT molecular complexity index is 6620. The number of hydrogen-bond acceptors (Lipinski definition) is 5. The molecule has 4 heterocycles.